The largest absolute Gasteiger partial charge is 0.453 e. The monoisotopic (exact) mass is 388 g/mol. The molecule has 0 fully saturated rings. The maximum atomic E-state index is 12.1. The van der Waals surface area contributed by atoms with Gasteiger partial charge in [-0.25, -0.2) is 4.79 Å². The molecule has 0 atom stereocenters. The van der Waals surface area contributed by atoms with Crippen LogP contribution in [0.25, 0.3) is 11.3 Å². The minimum Gasteiger partial charge on any atom is -0.453 e. The molecular formula is C19H24N4O3S. The zero-order chi connectivity index (χ0) is 19.3. The molecule has 0 saturated heterocycles. The number of carbonyl (C=O) groups excluding carboxylic acids is 2. The first-order valence-electron chi connectivity index (χ1n) is 8.85. The molecule has 144 valence electrons. The molecule has 7 nitrogen and oxygen atoms in total. The molecule has 0 aromatic carbocycles. The third-order valence-corrected chi connectivity index (χ3v) is 4.54. The fourth-order valence-electron chi connectivity index (χ4n) is 2.31. The maximum absolute atomic E-state index is 12.1. The lowest BCUT2D eigenvalue weighted by Gasteiger charge is -2.04. The number of aromatic amines is 1. The van der Waals surface area contributed by atoms with Gasteiger partial charge in [0, 0.05) is 30.3 Å². The number of thioether (sulfide) groups is 1. The standard InChI is InChI=1S/C19H24N4O3S/c1-2-12-26-19(25)27-13-6-4-3-5-9-21-18(24)17-14-16(22-23-17)15-7-10-20-11-8-15/h2,7-8,10-11,14H,1,3-6,9,12-13H2,(H,21,24)(H,22,23). The number of pyridine rings is 1. The Morgan fingerprint density at radius 1 is 1.22 bits per heavy atom. The molecule has 2 rings (SSSR count). The molecule has 0 aliphatic carbocycles. The number of carbonyl (C=O) groups is 2. The van der Waals surface area contributed by atoms with Crippen LogP contribution in [0.5, 0.6) is 0 Å². The molecule has 2 N–H and O–H groups in total. The summed E-state index contributed by atoms with van der Waals surface area (Å²) in [5.41, 5.74) is 2.06. The number of aromatic nitrogens is 3. The van der Waals surface area contributed by atoms with E-state index in [4.69, 9.17) is 4.74 Å². The Morgan fingerprint density at radius 3 is 2.78 bits per heavy atom. The van der Waals surface area contributed by atoms with Gasteiger partial charge in [-0.2, -0.15) is 5.10 Å². The molecule has 0 radical (unpaired) electrons. The first-order valence-corrected chi connectivity index (χ1v) is 9.83. The lowest BCUT2D eigenvalue weighted by atomic mass is 10.2. The van der Waals surface area contributed by atoms with Crippen LogP contribution in [0.4, 0.5) is 4.79 Å². The predicted octanol–water partition coefficient (Wildman–Crippen LogP) is 3.82. The zero-order valence-corrected chi connectivity index (χ0v) is 16.0. The number of hydrogen-bond acceptors (Lipinski definition) is 6. The Morgan fingerprint density at radius 2 is 2.00 bits per heavy atom. The molecule has 0 aliphatic rings. The number of unbranched alkanes of at least 4 members (excludes halogenated alkanes) is 3. The first-order chi connectivity index (χ1) is 13.2. The molecule has 0 spiro atoms. The molecule has 0 unspecified atom stereocenters. The van der Waals surface area contributed by atoms with Crippen LogP contribution in [0.2, 0.25) is 0 Å². The molecule has 2 aromatic heterocycles. The summed E-state index contributed by atoms with van der Waals surface area (Å²) >= 11 is 1.19. The number of rotatable bonds is 11. The summed E-state index contributed by atoms with van der Waals surface area (Å²) in [6.07, 6.45) is 8.76. The number of H-pyrrole nitrogens is 1. The quantitative estimate of drug-likeness (QED) is 0.345. The number of nitrogens with zero attached hydrogens (tertiary/aromatic N) is 2. The summed E-state index contributed by atoms with van der Waals surface area (Å²) in [7, 11) is 0. The molecule has 2 heterocycles. The minimum atomic E-state index is -0.257. The highest BCUT2D eigenvalue weighted by atomic mass is 32.2. The molecule has 0 saturated carbocycles. The van der Waals surface area contributed by atoms with E-state index in [0.717, 1.165) is 37.0 Å². The SMILES string of the molecule is C=CCOC(=O)SCCCCCCNC(=O)c1cc(-c2ccncc2)n[nH]1. The van der Waals surface area contributed by atoms with Crippen LogP contribution in [-0.2, 0) is 4.74 Å². The van der Waals surface area contributed by atoms with Gasteiger partial charge in [0.15, 0.2) is 0 Å². The van der Waals surface area contributed by atoms with Crippen molar-refractivity contribution in [2.45, 2.75) is 25.7 Å². The Balaban J connectivity index is 1.56. The van der Waals surface area contributed by atoms with E-state index in [2.05, 4.69) is 27.1 Å². The van der Waals surface area contributed by atoms with Gasteiger partial charge in [0.25, 0.3) is 5.91 Å². The number of nitrogens with one attached hydrogen (secondary N) is 2. The van der Waals surface area contributed by atoms with Crippen molar-refractivity contribution >= 4 is 23.0 Å². The van der Waals surface area contributed by atoms with Gasteiger partial charge in [-0.1, -0.05) is 25.5 Å². The molecule has 0 aliphatic heterocycles. The molecule has 1 amide bonds. The van der Waals surface area contributed by atoms with Crippen molar-refractivity contribution in [3.05, 3.63) is 48.9 Å². The molecule has 0 bridgehead atoms. The fourth-order valence-corrected chi connectivity index (χ4v) is 2.98. The summed E-state index contributed by atoms with van der Waals surface area (Å²) in [4.78, 5) is 27.4. The van der Waals surface area contributed by atoms with E-state index in [9.17, 15) is 9.59 Å². The third-order valence-electron chi connectivity index (χ3n) is 3.69. The van der Waals surface area contributed by atoms with E-state index in [1.54, 1.807) is 24.5 Å². The summed E-state index contributed by atoms with van der Waals surface area (Å²) < 4.78 is 4.88. The van der Waals surface area contributed by atoms with Crippen molar-refractivity contribution in [3.63, 3.8) is 0 Å². The van der Waals surface area contributed by atoms with Crippen molar-refractivity contribution in [1.82, 2.24) is 20.5 Å². The molecule has 8 heteroatoms. The van der Waals surface area contributed by atoms with E-state index in [0.29, 0.717) is 17.9 Å². The smallest absolute Gasteiger partial charge is 0.367 e. The van der Waals surface area contributed by atoms with Gasteiger partial charge < -0.3 is 10.1 Å². The van der Waals surface area contributed by atoms with Crippen LogP contribution >= 0.6 is 11.8 Å². The van der Waals surface area contributed by atoms with Crippen LogP contribution in [0.15, 0.2) is 43.2 Å². The fraction of sp³-hybridized carbons (Fsp3) is 0.368. The Bertz CT molecular complexity index is 734. The Kier molecular flexibility index (Phi) is 9.12. The van der Waals surface area contributed by atoms with Crippen LogP contribution in [-0.4, -0.2) is 45.3 Å². The second-order valence-corrected chi connectivity index (χ2v) is 6.80. The average molecular weight is 388 g/mol. The van der Waals surface area contributed by atoms with Crippen molar-refractivity contribution < 1.29 is 14.3 Å². The Labute approximate surface area is 163 Å². The molecular weight excluding hydrogens is 364 g/mol. The number of hydrogen-bond donors (Lipinski definition) is 2. The van der Waals surface area contributed by atoms with Gasteiger partial charge in [0.2, 0.25) is 0 Å². The summed E-state index contributed by atoms with van der Waals surface area (Å²) in [5.74, 6) is 0.581. The molecule has 2 aromatic rings. The van der Waals surface area contributed by atoms with Crippen molar-refractivity contribution in [2.24, 2.45) is 0 Å². The normalized spacial score (nSPS) is 10.4. The van der Waals surface area contributed by atoms with Crippen LogP contribution < -0.4 is 5.32 Å². The van der Waals surface area contributed by atoms with Crippen LogP contribution in [0.3, 0.4) is 0 Å². The van der Waals surface area contributed by atoms with Gasteiger partial charge in [-0.05, 0) is 42.8 Å². The van der Waals surface area contributed by atoms with Gasteiger partial charge >= 0.3 is 5.30 Å². The number of amides is 1. The van der Waals surface area contributed by atoms with E-state index in [-0.39, 0.29) is 17.8 Å². The Hall–Kier alpha value is -2.61. The van der Waals surface area contributed by atoms with Crippen molar-refractivity contribution in [3.8, 4) is 11.3 Å². The average Bonchev–Trinajstić information content (AvgIpc) is 3.19. The van der Waals surface area contributed by atoms with E-state index < -0.39 is 0 Å². The van der Waals surface area contributed by atoms with Crippen molar-refractivity contribution in [1.29, 1.82) is 0 Å². The molecule has 27 heavy (non-hydrogen) atoms. The van der Waals surface area contributed by atoms with Crippen molar-refractivity contribution in [2.75, 3.05) is 18.9 Å². The predicted molar refractivity (Wildman–Crippen MR) is 107 cm³/mol. The summed E-state index contributed by atoms with van der Waals surface area (Å²) in [6, 6.07) is 5.41. The van der Waals surface area contributed by atoms with Crippen LogP contribution in [0, 0.1) is 0 Å². The maximum Gasteiger partial charge on any atom is 0.367 e. The second-order valence-electron chi connectivity index (χ2n) is 5.77. The summed E-state index contributed by atoms with van der Waals surface area (Å²) in [6.45, 7) is 4.36. The van der Waals surface area contributed by atoms with Gasteiger partial charge in [-0.15, -0.1) is 0 Å². The highest BCUT2D eigenvalue weighted by Gasteiger charge is 2.10. The number of ether oxygens (including phenoxy) is 1. The van der Waals surface area contributed by atoms with E-state index in [1.165, 1.54) is 11.8 Å². The minimum absolute atomic E-state index is 0.164. The van der Waals surface area contributed by atoms with Crippen LogP contribution in [0.1, 0.15) is 36.2 Å². The zero-order valence-electron chi connectivity index (χ0n) is 15.1. The first kappa shape index (κ1) is 20.7. The van der Waals surface area contributed by atoms with Gasteiger partial charge in [0.1, 0.15) is 12.3 Å². The van der Waals surface area contributed by atoms with Gasteiger partial charge in [-0.3, -0.25) is 14.9 Å². The highest BCUT2D eigenvalue weighted by Crippen LogP contribution is 2.16. The summed E-state index contributed by atoms with van der Waals surface area (Å²) in [5, 5.41) is 9.55. The third kappa shape index (κ3) is 7.65. The van der Waals surface area contributed by atoms with E-state index >= 15 is 0 Å². The second kappa shape index (κ2) is 11.9. The topological polar surface area (TPSA) is 97.0 Å². The lowest BCUT2D eigenvalue weighted by molar-refractivity contribution is 0.0948. The highest BCUT2D eigenvalue weighted by molar-refractivity contribution is 8.13. The lowest BCUT2D eigenvalue weighted by Crippen LogP contribution is -2.24. The van der Waals surface area contributed by atoms with E-state index in [1.807, 2.05) is 12.1 Å². The van der Waals surface area contributed by atoms with Gasteiger partial charge in [0.05, 0.1) is 5.69 Å².